The SMILES string of the molecule is NC(=O)[C@H](CCCCNC(=O)CN1CCN(CC(=O)O)CCN(CC(=O)O)CC1)NC(=O)COCCOCCNC(=O)[C@H](CC(=O)O)NC(=O)[C@H](Cc1ccccc1)NC(=O)[C@H](Cc1ccccc1)NC(=O)[C@@H]1Cc2ccccc2CN1C(=O)[C@@H](N)Cc1ccc(O)cc1. The molecule has 0 spiro atoms. The van der Waals surface area contributed by atoms with E-state index in [9.17, 15) is 73.2 Å². The van der Waals surface area contributed by atoms with Crippen LogP contribution in [0.2, 0.25) is 0 Å². The number of nitrogens with one attached hydrogen (secondary N) is 6. The summed E-state index contributed by atoms with van der Waals surface area (Å²) in [5.74, 6) is -8.90. The number of unbranched alkanes of at least 4 members (excludes halogenated alkanes) is 1. The maximum Gasteiger partial charge on any atom is 0.317 e. The van der Waals surface area contributed by atoms with Gasteiger partial charge in [0.2, 0.25) is 47.3 Å². The van der Waals surface area contributed by atoms with Crippen molar-refractivity contribution >= 4 is 65.2 Å². The standard InChI is InChI=1S/C65H86N12O17/c66-49(33-45-18-20-48(78)21-19-45)65(92)77-38-47-16-8-7-15-46(47)36-54(77)64(91)73-52(35-44-13-5-2-6-14-44)63(90)71-51(34-43-11-3-1-4-12-43)62(89)72-53(37-57(81)82)61(88)69-23-30-93-31-32-94-42-56(80)70-50(60(67)87)17-9-10-22-68-55(79)39-74-24-26-75(40-58(83)84)28-29-76(27-25-74)41-59(85)86/h1-8,11-16,18-21,49-54,78H,9-10,17,22-42,66H2,(H2,67,87)(H,68,79)(H,69,88)(H,70,80)(H,71,90)(H,72,89)(H,73,91)(H,81,82)(H,83,84)(H,85,86)/t49-,50-,51-,52-,53-,54-/m0/s1. The average Bonchev–Trinajstić information content (AvgIpc) is 0.816. The number of primary amides is 1. The molecule has 1 fully saturated rings. The molecular formula is C65H86N12O17. The number of phenols is 1. The quantitative estimate of drug-likeness (QED) is 0.0220. The van der Waals surface area contributed by atoms with Crippen LogP contribution in [0.4, 0.5) is 0 Å². The number of nitrogens with zero attached hydrogens (tertiary/aromatic N) is 4. The van der Waals surface area contributed by atoms with Crippen molar-refractivity contribution in [2.24, 2.45) is 11.5 Å². The van der Waals surface area contributed by atoms with Gasteiger partial charge < -0.3 is 78.2 Å². The number of carbonyl (C=O) groups is 11. The number of fused-ring (bicyclic) bond motifs is 1. The fourth-order valence-corrected chi connectivity index (χ4v) is 10.8. The first-order chi connectivity index (χ1) is 45.1. The Morgan fingerprint density at radius 2 is 1.03 bits per heavy atom. The van der Waals surface area contributed by atoms with Crippen molar-refractivity contribution < 1.29 is 82.6 Å². The number of carbonyl (C=O) groups excluding carboxylic acids is 8. The third-order valence-electron chi connectivity index (χ3n) is 15.7. The Bertz CT molecular complexity index is 3160. The van der Waals surface area contributed by atoms with Gasteiger partial charge in [0, 0.05) is 78.2 Å². The molecule has 6 rings (SSSR count). The van der Waals surface area contributed by atoms with Crippen molar-refractivity contribution in [3.8, 4) is 5.75 Å². The lowest BCUT2D eigenvalue weighted by atomic mass is 9.92. The predicted octanol–water partition coefficient (Wildman–Crippen LogP) is -1.88. The minimum absolute atomic E-state index is 0.00130. The normalized spacial score (nSPS) is 16.1. The van der Waals surface area contributed by atoms with Crippen LogP contribution in [-0.4, -0.2) is 240 Å². The third-order valence-corrected chi connectivity index (χ3v) is 15.7. The molecule has 508 valence electrons. The van der Waals surface area contributed by atoms with E-state index in [0.717, 1.165) is 11.1 Å². The van der Waals surface area contributed by atoms with E-state index >= 15 is 0 Å². The number of carboxylic acid groups (broad SMARTS) is 3. The zero-order valence-electron chi connectivity index (χ0n) is 52.4. The summed E-state index contributed by atoms with van der Waals surface area (Å²) in [7, 11) is 0. The van der Waals surface area contributed by atoms with Gasteiger partial charge in [-0.25, -0.2) is 0 Å². The lowest BCUT2D eigenvalue weighted by Crippen LogP contribution is -2.61. The molecule has 0 unspecified atom stereocenters. The maximum absolute atomic E-state index is 14.7. The van der Waals surface area contributed by atoms with Crippen molar-refractivity contribution in [3.05, 3.63) is 137 Å². The van der Waals surface area contributed by atoms with E-state index in [1.165, 1.54) is 17.0 Å². The Morgan fingerprint density at radius 1 is 0.511 bits per heavy atom. The van der Waals surface area contributed by atoms with Gasteiger partial charge in [0.25, 0.3) is 0 Å². The number of amides is 8. The van der Waals surface area contributed by atoms with Gasteiger partial charge in [-0.05, 0) is 65.6 Å². The molecule has 4 aromatic carbocycles. The van der Waals surface area contributed by atoms with Crippen LogP contribution >= 0.6 is 0 Å². The highest BCUT2D eigenvalue weighted by molar-refractivity contribution is 5.97. The number of nitrogens with two attached hydrogens (primary N) is 2. The highest BCUT2D eigenvalue weighted by Gasteiger charge is 2.39. The van der Waals surface area contributed by atoms with E-state index in [1.54, 1.807) is 82.6 Å². The zero-order chi connectivity index (χ0) is 67.9. The number of rotatable bonds is 37. The number of carboxylic acids is 3. The first-order valence-electron chi connectivity index (χ1n) is 31.1. The van der Waals surface area contributed by atoms with Crippen molar-refractivity contribution in [1.29, 1.82) is 0 Å². The molecule has 0 radical (unpaired) electrons. The number of hydrogen-bond acceptors (Lipinski definition) is 18. The third kappa shape index (κ3) is 25.9. The Hall–Kier alpha value is -9.39. The van der Waals surface area contributed by atoms with Gasteiger partial charge in [0.15, 0.2) is 0 Å². The minimum atomic E-state index is -1.63. The highest BCUT2D eigenvalue weighted by Crippen LogP contribution is 2.25. The molecule has 6 atom stereocenters. The van der Waals surface area contributed by atoms with Crippen molar-refractivity contribution in [3.63, 3.8) is 0 Å². The largest absolute Gasteiger partial charge is 0.508 e. The summed E-state index contributed by atoms with van der Waals surface area (Å²) in [6.45, 7) is 1.27. The van der Waals surface area contributed by atoms with Gasteiger partial charge in [0.1, 0.15) is 42.6 Å². The Kier molecular flexibility index (Phi) is 30.2. The molecule has 0 aromatic heterocycles. The Balaban J connectivity index is 0.963. The van der Waals surface area contributed by atoms with Gasteiger partial charge in [-0.15, -0.1) is 0 Å². The van der Waals surface area contributed by atoms with E-state index in [1.807, 2.05) is 29.2 Å². The molecule has 1 saturated heterocycles. The summed E-state index contributed by atoms with van der Waals surface area (Å²) in [6.07, 6.45) is 0.183. The molecule has 0 bridgehead atoms. The molecule has 2 aliphatic heterocycles. The molecule has 14 N–H and O–H groups in total. The zero-order valence-corrected chi connectivity index (χ0v) is 52.4. The molecule has 2 heterocycles. The van der Waals surface area contributed by atoms with Gasteiger partial charge in [0.05, 0.1) is 51.9 Å². The molecule has 4 aromatic rings. The number of ether oxygens (including phenoxy) is 2. The summed E-state index contributed by atoms with van der Waals surface area (Å²) < 4.78 is 10.9. The molecule has 94 heavy (non-hydrogen) atoms. The van der Waals surface area contributed by atoms with E-state index in [-0.39, 0.29) is 103 Å². The van der Waals surface area contributed by atoms with Crippen LogP contribution in [0.3, 0.4) is 0 Å². The first-order valence-corrected chi connectivity index (χ1v) is 31.1. The first kappa shape index (κ1) is 73.7. The molecule has 29 heteroatoms. The van der Waals surface area contributed by atoms with E-state index in [2.05, 4.69) is 31.9 Å². The summed E-state index contributed by atoms with van der Waals surface area (Å²) >= 11 is 0. The van der Waals surface area contributed by atoms with Crippen LogP contribution in [0.1, 0.15) is 53.5 Å². The molecule has 2 aliphatic rings. The fraction of sp³-hybridized carbons (Fsp3) is 0.462. The number of aromatic hydroxyl groups is 1. The van der Waals surface area contributed by atoms with Crippen molar-refractivity contribution in [1.82, 2.24) is 51.5 Å². The topological polar surface area (TPSA) is 424 Å². The molecule has 0 saturated carbocycles. The van der Waals surface area contributed by atoms with Crippen LogP contribution in [-0.2, 0) is 94.4 Å². The lowest BCUT2D eigenvalue weighted by Gasteiger charge is -2.38. The Labute approximate surface area is 544 Å². The van der Waals surface area contributed by atoms with Gasteiger partial charge in [-0.2, -0.15) is 0 Å². The van der Waals surface area contributed by atoms with Crippen LogP contribution < -0.4 is 43.4 Å². The molecule has 8 amide bonds. The molecule has 29 nitrogen and oxygen atoms in total. The average molecular weight is 1310 g/mol. The molecule has 0 aliphatic carbocycles. The minimum Gasteiger partial charge on any atom is -0.508 e. The van der Waals surface area contributed by atoms with Crippen LogP contribution in [0.25, 0.3) is 0 Å². The number of hydrogen-bond donors (Lipinski definition) is 12. The Morgan fingerprint density at radius 3 is 1.60 bits per heavy atom. The highest BCUT2D eigenvalue weighted by atomic mass is 16.5. The smallest absolute Gasteiger partial charge is 0.317 e. The number of phenolic OH excluding ortho intramolecular Hbond substituents is 1. The summed E-state index contributed by atoms with van der Waals surface area (Å²) in [6, 6.07) is 23.4. The maximum atomic E-state index is 14.7. The van der Waals surface area contributed by atoms with E-state index in [4.69, 9.17) is 20.9 Å². The monoisotopic (exact) mass is 1310 g/mol. The van der Waals surface area contributed by atoms with Crippen LogP contribution in [0, 0.1) is 0 Å². The number of benzene rings is 4. The van der Waals surface area contributed by atoms with E-state index in [0.29, 0.717) is 68.8 Å². The van der Waals surface area contributed by atoms with Gasteiger partial charge in [-0.1, -0.05) is 97.1 Å². The van der Waals surface area contributed by atoms with Gasteiger partial charge in [-0.3, -0.25) is 67.4 Å². The summed E-state index contributed by atoms with van der Waals surface area (Å²) in [4.78, 5) is 151. The summed E-state index contributed by atoms with van der Waals surface area (Å²) in [5, 5.41) is 54.3. The second-order valence-electron chi connectivity index (χ2n) is 23.0. The second kappa shape index (κ2) is 38.6. The molecular weight excluding hydrogens is 1220 g/mol. The second-order valence-corrected chi connectivity index (χ2v) is 23.0. The van der Waals surface area contributed by atoms with E-state index < -0.39 is 109 Å². The van der Waals surface area contributed by atoms with Gasteiger partial charge >= 0.3 is 17.9 Å². The van der Waals surface area contributed by atoms with Crippen molar-refractivity contribution in [2.45, 2.75) is 94.2 Å². The van der Waals surface area contributed by atoms with Crippen molar-refractivity contribution in [2.75, 3.05) is 98.4 Å². The van der Waals surface area contributed by atoms with Crippen LogP contribution in [0.15, 0.2) is 109 Å². The fourth-order valence-electron chi connectivity index (χ4n) is 10.8. The summed E-state index contributed by atoms with van der Waals surface area (Å²) in [5.41, 5.74) is 15.6. The predicted molar refractivity (Wildman–Crippen MR) is 340 cm³/mol. The number of aliphatic carboxylic acids is 3. The lowest BCUT2D eigenvalue weighted by molar-refractivity contribution is -0.144. The van der Waals surface area contributed by atoms with Crippen LogP contribution in [0.5, 0.6) is 5.75 Å².